The lowest BCUT2D eigenvalue weighted by Gasteiger charge is -2.05. The summed E-state index contributed by atoms with van der Waals surface area (Å²) in [7, 11) is 0. The number of aromatic amines is 3. The number of hydrogen-bond acceptors (Lipinski definition) is 5. The number of rotatable bonds is 0. The zero-order valence-corrected chi connectivity index (χ0v) is 8.50. The van der Waals surface area contributed by atoms with E-state index >= 15 is 0 Å². The molecule has 0 aliphatic heterocycles. The highest BCUT2D eigenvalue weighted by atomic mass is 16.2. The van der Waals surface area contributed by atoms with Gasteiger partial charge in [0, 0.05) is 0 Å². The van der Waals surface area contributed by atoms with Crippen LogP contribution >= 0.6 is 0 Å². The van der Waals surface area contributed by atoms with Gasteiger partial charge in [-0.15, -0.1) is 0 Å². The molecule has 0 fully saturated rings. The molecule has 0 amide bonds. The van der Waals surface area contributed by atoms with Crippen molar-refractivity contribution in [1.82, 2.24) is 19.9 Å². The summed E-state index contributed by atoms with van der Waals surface area (Å²) in [4.78, 5) is 34.1. The molecule has 3 aromatic rings. The molecule has 0 aliphatic rings. The van der Waals surface area contributed by atoms with Crippen molar-refractivity contribution in [3.8, 4) is 0 Å². The number of anilines is 2. The Morgan fingerprint density at radius 2 is 1.53 bits per heavy atom. The molecule has 0 saturated heterocycles. The van der Waals surface area contributed by atoms with Crippen LogP contribution in [0.5, 0.6) is 0 Å². The lowest BCUT2D eigenvalue weighted by atomic mass is 10.2. The van der Waals surface area contributed by atoms with Gasteiger partial charge in [0.1, 0.15) is 5.52 Å². The smallest absolute Gasteiger partial charge is 0.314 e. The van der Waals surface area contributed by atoms with Crippen LogP contribution in [-0.4, -0.2) is 19.9 Å². The lowest BCUT2D eigenvalue weighted by Crippen LogP contribution is -2.29. The number of imidazole rings is 1. The predicted molar refractivity (Wildman–Crippen MR) is 63.7 cm³/mol. The molecule has 8 heteroatoms. The van der Waals surface area contributed by atoms with Gasteiger partial charge in [-0.3, -0.25) is 9.59 Å². The van der Waals surface area contributed by atoms with Crippen LogP contribution in [0.2, 0.25) is 0 Å². The number of hydrogen-bond donors (Lipinski definition) is 5. The number of aromatic nitrogens is 4. The molecular formula is C9H8N6O2. The predicted octanol–water partition coefficient (Wildman–Crippen LogP) is -0.743. The largest absolute Gasteiger partial charge is 0.395 e. The van der Waals surface area contributed by atoms with Crippen LogP contribution in [0.25, 0.3) is 22.1 Å². The van der Waals surface area contributed by atoms with E-state index in [0.717, 1.165) is 0 Å². The first-order valence-electron chi connectivity index (χ1n) is 4.76. The molecule has 0 bridgehead atoms. The van der Waals surface area contributed by atoms with Crippen LogP contribution in [0.15, 0.2) is 15.9 Å². The van der Waals surface area contributed by atoms with Crippen molar-refractivity contribution in [2.75, 3.05) is 11.5 Å². The van der Waals surface area contributed by atoms with Crippen molar-refractivity contribution < 1.29 is 0 Å². The summed E-state index contributed by atoms with van der Waals surface area (Å²) in [5.74, 6) is 0. The number of nitrogens with one attached hydrogen (secondary N) is 3. The van der Waals surface area contributed by atoms with Gasteiger partial charge in [-0.25, -0.2) is 4.98 Å². The minimum absolute atomic E-state index is 0.263. The maximum absolute atomic E-state index is 11.2. The number of nitrogens with zero attached hydrogens (tertiary/aromatic N) is 1. The average molecular weight is 232 g/mol. The van der Waals surface area contributed by atoms with E-state index < -0.39 is 11.1 Å². The van der Waals surface area contributed by atoms with E-state index in [-0.39, 0.29) is 16.9 Å². The van der Waals surface area contributed by atoms with Gasteiger partial charge in [0.2, 0.25) is 0 Å². The van der Waals surface area contributed by atoms with Gasteiger partial charge in [-0.2, -0.15) is 0 Å². The van der Waals surface area contributed by atoms with Gasteiger partial charge in [0.25, 0.3) is 0 Å². The molecule has 17 heavy (non-hydrogen) atoms. The first-order chi connectivity index (χ1) is 8.09. The lowest BCUT2D eigenvalue weighted by molar-refractivity contribution is 1.15. The van der Waals surface area contributed by atoms with E-state index in [1.165, 1.54) is 6.33 Å². The van der Waals surface area contributed by atoms with Crippen LogP contribution in [0.1, 0.15) is 0 Å². The third kappa shape index (κ3) is 1.08. The molecule has 0 radical (unpaired) electrons. The van der Waals surface area contributed by atoms with Gasteiger partial charge < -0.3 is 26.4 Å². The summed E-state index contributed by atoms with van der Waals surface area (Å²) >= 11 is 0. The Bertz CT molecular complexity index is 786. The Hall–Kier alpha value is -2.77. The Kier molecular flexibility index (Phi) is 1.60. The van der Waals surface area contributed by atoms with Crippen molar-refractivity contribution in [2.45, 2.75) is 0 Å². The second kappa shape index (κ2) is 2.88. The van der Waals surface area contributed by atoms with E-state index in [0.29, 0.717) is 16.6 Å². The monoisotopic (exact) mass is 232 g/mol. The van der Waals surface area contributed by atoms with Crippen molar-refractivity contribution in [3.63, 3.8) is 0 Å². The summed E-state index contributed by atoms with van der Waals surface area (Å²) in [6.45, 7) is 0. The molecule has 2 heterocycles. The van der Waals surface area contributed by atoms with Crippen molar-refractivity contribution in [3.05, 3.63) is 27.0 Å². The second-order valence-corrected chi connectivity index (χ2v) is 3.61. The van der Waals surface area contributed by atoms with Crippen LogP contribution in [-0.2, 0) is 0 Å². The minimum atomic E-state index is -0.779. The van der Waals surface area contributed by atoms with Crippen LogP contribution in [0, 0.1) is 0 Å². The zero-order chi connectivity index (χ0) is 12.2. The summed E-state index contributed by atoms with van der Waals surface area (Å²) < 4.78 is 0. The van der Waals surface area contributed by atoms with Gasteiger partial charge in [-0.05, 0) is 0 Å². The fourth-order valence-corrected chi connectivity index (χ4v) is 1.82. The summed E-state index contributed by atoms with van der Waals surface area (Å²) in [5, 5.41) is 0. The summed E-state index contributed by atoms with van der Waals surface area (Å²) in [5.41, 5.74) is 12.3. The second-order valence-electron chi connectivity index (χ2n) is 3.61. The van der Waals surface area contributed by atoms with E-state index in [9.17, 15) is 9.59 Å². The zero-order valence-electron chi connectivity index (χ0n) is 8.50. The van der Waals surface area contributed by atoms with Gasteiger partial charge in [0.05, 0.1) is 34.3 Å². The number of fused-ring (bicyclic) bond motifs is 2. The van der Waals surface area contributed by atoms with Gasteiger partial charge in [-0.1, -0.05) is 0 Å². The molecule has 2 aromatic heterocycles. The normalized spacial score (nSPS) is 11.3. The first-order valence-corrected chi connectivity index (χ1v) is 4.76. The molecule has 0 atom stereocenters. The molecule has 7 N–H and O–H groups in total. The fraction of sp³-hybridized carbons (Fsp3) is 0. The van der Waals surface area contributed by atoms with E-state index in [1.807, 2.05) is 0 Å². The van der Waals surface area contributed by atoms with E-state index in [1.54, 1.807) is 0 Å². The topological polar surface area (TPSA) is 146 Å². The standard InChI is InChI=1S/C9H8N6O2/c10-2-4-5(13-1-12-4)3(11)7-6(2)14-8(16)9(17)15-7/h1H,10-11H2,(H,12,13)(H,14,16)(H,15,17). The molecule has 0 unspecified atom stereocenters. The maximum atomic E-state index is 11.2. The summed E-state index contributed by atoms with van der Waals surface area (Å²) in [6.07, 6.45) is 1.44. The quantitative estimate of drug-likeness (QED) is 0.197. The molecule has 8 nitrogen and oxygen atoms in total. The third-order valence-electron chi connectivity index (χ3n) is 2.64. The highest BCUT2D eigenvalue weighted by Gasteiger charge is 2.14. The number of benzene rings is 1. The molecule has 0 spiro atoms. The molecular weight excluding hydrogens is 224 g/mol. The number of H-pyrrole nitrogens is 3. The third-order valence-corrected chi connectivity index (χ3v) is 2.64. The van der Waals surface area contributed by atoms with Crippen LogP contribution < -0.4 is 22.6 Å². The Morgan fingerprint density at radius 1 is 0.941 bits per heavy atom. The molecule has 3 rings (SSSR count). The first kappa shape index (κ1) is 9.46. The fourth-order valence-electron chi connectivity index (χ4n) is 1.82. The Labute approximate surface area is 92.7 Å². The van der Waals surface area contributed by atoms with Crippen LogP contribution in [0.3, 0.4) is 0 Å². The van der Waals surface area contributed by atoms with E-state index in [2.05, 4.69) is 19.9 Å². The molecule has 0 aliphatic carbocycles. The molecule has 86 valence electrons. The van der Waals surface area contributed by atoms with Crippen molar-refractivity contribution in [1.29, 1.82) is 0 Å². The van der Waals surface area contributed by atoms with Crippen LogP contribution in [0.4, 0.5) is 11.4 Å². The van der Waals surface area contributed by atoms with Gasteiger partial charge >= 0.3 is 11.1 Å². The van der Waals surface area contributed by atoms with Crippen molar-refractivity contribution >= 4 is 33.4 Å². The number of nitrogen functional groups attached to an aromatic ring is 2. The molecule has 0 saturated carbocycles. The Morgan fingerprint density at radius 3 is 2.18 bits per heavy atom. The minimum Gasteiger partial charge on any atom is -0.395 e. The van der Waals surface area contributed by atoms with Gasteiger partial charge in [0.15, 0.2) is 0 Å². The van der Waals surface area contributed by atoms with Crippen molar-refractivity contribution in [2.24, 2.45) is 0 Å². The highest BCUT2D eigenvalue weighted by Crippen LogP contribution is 2.30. The molecule has 1 aromatic carbocycles. The number of nitrogens with two attached hydrogens (primary N) is 2. The maximum Gasteiger partial charge on any atom is 0.314 e. The highest BCUT2D eigenvalue weighted by molar-refractivity contribution is 6.12. The van der Waals surface area contributed by atoms with E-state index in [4.69, 9.17) is 11.5 Å². The Balaban J connectivity index is 2.73. The SMILES string of the molecule is Nc1c2nc[nH]c2c(N)c2[nH]c(=O)c(=O)[nH]c12. The average Bonchev–Trinajstić information content (AvgIpc) is 2.78. The summed E-state index contributed by atoms with van der Waals surface area (Å²) in [6, 6.07) is 0.